The second-order valence-electron chi connectivity index (χ2n) is 6.79. The van der Waals surface area contributed by atoms with Crippen LogP contribution in [0.3, 0.4) is 0 Å². The number of benzene rings is 1. The first-order valence-electron chi connectivity index (χ1n) is 10.0. The number of hydrogen-bond donors (Lipinski definition) is 2. The van der Waals surface area contributed by atoms with Crippen molar-refractivity contribution in [1.29, 1.82) is 0 Å². The summed E-state index contributed by atoms with van der Waals surface area (Å²) in [4.78, 5) is 31.2. The van der Waals surface area contributed by atoms with Crippen LogP contribution in [0.5, 0.6) is 11.5 Å². The zero-order valence-electron chi connectivity index (χ0n) is 18.0. The molecule has 2 N–H and O–H groups in total. The van der Waals surface area contributed by atoms with Crippen molar-refractivity contribution >= 4 is 5.91 Å². The van der Waals surface area contributed by atoms with E-state index in [1.54, 1.807) is 43.8 Å². The van der Waals surface area contributed by atoms with E-state index in [2.05, 4.69) is 25.5 Å². The van der Waals surface area contributed by atoms with Gasteiger partial charge in [-0.15, -0.1) is 10.2 Å². The van der Waals surface area contributed by atoms with Crippen molar-refractivity contribution < 1.29 is 19.0 Å². The molecule has 168 valence electrons. The molecule has 1 aromatic carbocycles. The number of carbonyl (C=O) groups is 1. The number of carbonyl (C=O) groups excluding carboxylic acids is 1. The third-order valence-electron chi connectivity index (χ3n) is 4.55. The normalized spacial score (nSPS) is 10.6. The van der Waals surface area contributed by atoms with E-state index in [1.807, 2.05) is 6.07 Å². The topological polar surface area (TPSA) is 128 Å². The molecule has 0 bridgehead atoms. The number of amides is 1. The van der Waals surface area contributed by atoms with Crippen LogP contribution in [0, 0.1) is 0 Å². The van der Waals surface area contributed by atoms with Gasteiger partial charge in [0.1, 0.15) is 12.3 Å². The van der Waals surface area contributed by atoms with Gasteiger partial charge in [0, 0.05) is 44.5 Å². The number of nitrogens with zero attached hydrogens (tertiary/aromatic N) is 3. The molecule has 32 heavy (non-hydrogen) atoms. The highest BCUT2D eigenvalue weighted by Gasteiger charge is 2.12. The van der Waals surface area contributed by atoms with E-state index in [9.17, 15) is 9.59 Å². The van der Waals surface area contributed by atoms with E-state index in [0.717, 1.165) is 5.56 Å². The first kappa shape index (κ1) is 22.9. The average Bonchev–Trinajstić information content (AvgIpc) is 2.83. The number of rotatable bonds is 11. The molecular formula is C22H25N5O5. The van der Waals surface area contributed by atoms with Crippen LogP contribution in [-0.2, 0) is 22.5 Å². The number of H-pyrrole nitrogens is 1. The minimum absolute atomic E-state index is 0.124. The predicted octanol–water partition coefficient (Wildman–Crippen LogP) is 1.51. The van der Waals surface area contributed by atoms with Crippen molar-refractivity contribution in [3.05, 3.63) is 64.3 Å². The highest BCUT2D eigenvalue weighted by atomic mass is 16.5. The lowest BCUT2D eigenvalue weighted by atomic mass is 10.2. The first-order valence-corrected chi connectivity index (χ1v) is 10.0. The van der Waals surface area contributed by atoms with Crippen LogP contribution in [-0.4, -0.2) is 53.5 Å². The summed E-state index contributed by atoms with van der Waals surface area (Å²) in [5, 5.41) is 10.9. The molecule has 10 nitrogen and oxygen atoms in total. The van der Waals surface area contributed by atoms with Gasteiger partial charge in [0.15, 0.2) is 17.3 Å². The van der Waals surface area contributed by atoms with Crippen molar-refractivity contribution in [2.75, 3.05) is 27.4 Å². The fraction of sp³-hybridized carbons (Fsp3) is 0.318. The molecule has 2 heterocycles. The lowest BCUT2D eigenvalue weighted by Gasteiger charge is -2.11. The minimum Gasteiger partial charge on any atom is -0.493 e. The maximum Gasteiger partial charge on any atom is 0.273 e. The van der Waals surface area contributed by atoms with Crippen LogP contribution in [0.2, 0.25) is 0 Å². The van der Waals surface area contributed by atoms with Gasteiger partial charge < -0.3 is 24.5 Å². The van der Waals surface area contributed by atoms with Crippen LogP contribution in [0.25, 0.3) is 11.4 Å². The van der Waals surface area contributed by atoms with Crippen molar-refractivity contribution in [3.8, 4) is 22.9 Å². The Morgan fingerprint density at radius 3 is 2.72 bits per heavy atom. The summed E-state index contributed by atoms with van der Waals surface area (Å²) in [7, 11) is 3.12. The molecule has 3 rings (SSSR count). The van der Waals surface area contributed by atoms with E-state index in [0.29, 0.717) is 42.6 Å². The fourth-order valence-corrected chi connectivity index (χ4v) is 2.85. The largest absolute Gasteiger partial charge is 0.493 e. The van der Waals surface area contributed by atoms with Crippen LogP contribution < -0.4 is 20.3 Å². The van der Waals surface area contributed by atoms with Crippen LogP contribution in [0.4, 0.5) is 0 Å². The molecule has 0 spiro atoms. The zero-order valence-corrected chi connectivity index (χ0v) is 18.0. The van der Waals surface area contributed by atoms with Gasteiger partial charge in [-0.1, -0.05) is 6.07 Å². The number of pyridine rings is 1. The fourth-order valence-electron chi connectivity index (χ4n) is 2.85. The third kappa shape index (κ3) is 6.35. The van der Waals surface area contributed by atoms with Gasteiger partial charge in [-0.05, 0) is 29.8 Å². The van der Waals surface area contributed by atoms with Gasteiger partial charge in [-0.2, -0.15) is 0 Å². The second-order valence-corrected chi connectivity index (χ2v) is 6.79. The van der Waals surface area contributed by atoms with E-state index in [4.69, 9.17) is 14.2 Å². The average molecular weight is 439 g/mol. The van der Waals surface area contributed by atoms with Crippen molar-refractivity contribution in [3.63, 3.8) is 0 Å². The monoisotopic (exact) mass is 439 g/mol. The van der Waals surface area contributed by atoms with E-state index < -0.39 is 5.56 Å². The standard InChI is InChI=1S/C22H25N5O5/c1-30-10-11-32-18-7-5-16(12-19(18)31-2)21-25-22(29)17(26-27-21)6-8-20(28)24-14-15-4-3-9-23-13-15/h3-5,7,9,12-13H,6,8,10-11,14H2,1-2H3,(H,24,28)(H,25,27,29). The lowest BCUT2D eigenvalue weighted by Crippen LogP contribution is -2.25. The zero-order chi connectivity index (χ0) is 22.8. The Bertz CT molecular complexity index is 1090. The number of methoxy groups -OCH3 is 2. The predicted molar refractivity (Wildman–Crippen MR) is 116 cm³/mol. The number of aryl methyl sites for hydroxylation is 1. The Labute approximate surface area is 185 Å². The van der Waals surface area contributed by atoms with Gasteiger partial charge in [-0.3, -0.25) is 14.6 Å². The van der Waals surface area contributed by atoms with Crippen LogP contribution in [0.1, 0.15) is 17.7 Å². The molecule has 3 aromatic rings. The number of hydrogen-bond acceptors (Lipinski definition) is 8. The molecule has 10 heteroatoms. The SMILES string of the molecule is COCCOc1ccc(-c2nnc(CCC(=O)NCc3cccnc3)c(=O)[nH]2)cc1OC. The van der Waals surface area contributed by atoms with Crippen molar-refractivity contribution in [2.24, 2.45) is 0 Å². The summed E-state index contributed by atoms with van der Waals surface area (Å²) >= 11 is 0. The summed E-state index contributed by atoms with van der Waals surface area (Å²) in [6.45, 7) is 1.21. The first-order chi connectivity index (χ1) is 15.6. The molecule has 0 aliphatic heterocycles. The van der Waals surface area contributed by atoms with Crippen LogP contribution in [0.15, 0.2) is 47.5 Å². The molecule has 1 amide bonds. The minimum atomic E-state index is -0.394. The highest BCUT2D eigenvalue weighted by molar-refractivity contribution is 5.76. The van der Waals surface area contributed by atoms with Crippen molar-refractivity contribution in [2.45, 2.75) is 19.4 Å². The molecule has 0 unspecified atom stereocenters. The quantitative estimate of drug-likeness (QED) is 0.430. The van der Waals surface area contributed by atoms with Crippen LogP contribution >= 0.6 is 0 Å². The number of aromatic nitrogens is 4. The lowest BCUT2D eigenvalue weighted by molar-refractivity contribution is -0.121. The molecular weight excluding hydrogens is 414 g/mol. The molecule has 0 aliphatic carbocycles. The van der Waals surface area contributed by atoms with E-state index in [1.165, 1.54) is 7.11 Å². The second kappa shape index (κ2) is 11.6. The van der Waals surface area contributed by atoms with Gasteiger partial charge in [0.25, 0.3) is 5.56 Å². The molecule has 0 fully saturated rings. The summed E-state index contributed by atoms with van der Waals surface area (Å²) in [5.74, 6) is 1.16. The number of nitrogens with one attached hydrogen (secondary N) is 2. The van der Waals surface area contributed by atoms with Gasteiger partial charge in [-0.25, -0.2) is 0 Å². The summed E-state index contributed by atoms with van der Waals surface area (Å²) < 4.78 is 15.9. The molecule has 0 aliphatic rings. The summed E-state index contributed by atoms with van der Waals surface area (Å²) in [6, 6.07) is 8.85. The smallest absolute Gasteiger partial charge is 0.273 e. The maximum atomic E-state index is 12.4. The maximum absolute atomic E-state index is 12.4. The third-order valence-corrected chi connectivity index (χ3v) is 4.55. The van der Waals surface area contributed by atoms with E-state index >= 15 is 0 Å². The molecule has 2 aromatic heterocycles. The van der Waals surface area contributed by atoms with Gasteiger partial charge >= 0.3 is 0 Å². The Hall–Kier alpha value is -3.79. The Balaban J connectivity index is 1.61. The highest BCUT2D eigenvalue weighted by Crippen LogP contribution is 2.31. The van der Waals surface area contributed by atoms with Gasteiger partial charge in [0.2, 0.25) is 5.91 Å². The van der Waals surface area contributed by atoms with E-state index in [-0.39, 0.29) is 24.4 Å². The number of ether oxygens (including phenoxy) is 3. The molecule has 0 radical (unpaired) electrons. The molecule has 0 atom stereocenters. The Kier molecular flexibility index (Phi) is 8.27. The van der Waals surface area contributed by atoms with Gasteiger partial charge in [0.05, 0.1) is 13.7 Å². The number of aromatic amines is 1. The Morgan fingerprint density at radius 2 is 2.00 bits per heavy atom. The molecule has 0 saturated heterocycles. The van der Waals surface area contributed by atoms with Crippen molar-refractivity contribution in [1.82, 2.24) is 25.5 Å². The Morgan fingerprint density at radius 1 is 1.12 bits per heavy atom. The summed E-state index contributed by atoms with van der Waals surface area (Å²) in [6.07, 6.45) is 3.65. The summed E-state index contributed by atoms with van der Waals surface area (Å²) in [5.41, 5.74) is 1.31. The molecule has 0 saturated carbocycles.